The van der Waals surface area contributed by atoms with Crippen molar-refractivity contribution in [1.82, 2.24) is 20.0 Å². The molecule has 5 rings (SSSR count). The summed E-state index contributed by atoms with van der Waals surface area (Å²) in [5.74, 6) is 0.935. The smallest absolute Gasteiger partial charge is 0.319 e. The highest BCUT2D eigenvalue weighted by molar-refractivity contribution is 6.30. The molecule has 302 valence electrons. The Hall–Kier alpha value is -4.70. The maximum absolute atomic E-state index is 14.0. The van der Waals surface area contributed by atoms with Crippen molar-refractivity contribution in [3.05, 3.63) is 76.4 Å². The fourth-order valence-corrected chi connectivity index (χ4v) is 6.24. The second-order valence-electron chi connectivity index (χ2n) is 14.1. The third-order valence-corrected chi connectivity index (χ3v) is 9.26. The Kier molecular flexibility index (Phi) is 15.1. The minimum absolute atomic E-state index is 0.138. The maximum Gasteiger partial charge on any atom is 0.319 e. The van der Waals surface area contributed by atoms with E-state index in [4.69, 9.17) is 50.9 Å². The second-order valence-corrected chi connectivity index (χ2v) is 14.6. The molecule has 0 radical (unpaired) electrons. The molecule has 0 unspecified atom stereocenters. The molecule has 3 aromatic carbocycles. The van der Waals surface area contributed by atoms with E-state index in [1.807, 2.05) is 76.2 Å². The number of halogens is 1. The average molecular weight is 793 g/mol. The first-order valence-electron chi connectivity index (χ1n) is 18.6. The van der Waals surface area contributed by atoms with Crippen LogP contribution in [0.15, 0.2) is 54.6 Å². The number of anilines is 1. The zero-order chi connectivity index (χ0) is 40.2. The molecule has 0 saturated heterocycles. The van der Waals surface area contributed by atoms with E-state index in [9.17, 15) is 9.59 Å². The Morgan fingerprint density at radius 2 is 1.61 bits per heavy atom. The lowest BCUT2D eigenvalue weighted by Gasteiger charge is -2.31. The molecule has 4 aromatic rings. The molecule has 0 spiro atoms. The van der Waals surface area contributed by atoms with Gasteiger partial charge in [0.25, 0.3) is 5.91 Å². The first kappa shape index (κ1) is 42.4. The number of amides is 3. The van der Waals surface area contributed by atoms with E-state index >= 15 is 0 Å². The molecule has 0 aliphatic carbocycles. The number of nitrogens with zero attached hydrogens (tertiary/aromatic N) is 3. The largest absolute Gasteiger partial charge is 0.496 e. The number of fused-ring (bicyclic) bond motifs is 3. The van der Waals surface area contributed by atoms with E-state index in [1.165, 1.54) is 0 Å². The summed E-state index contributed by atoms with van der Waals surface area (Å²) in [6.07, 6.45) is 0. The molecule has 4 N–H and O–H groups in total. The van der Waals surface area contributed by atoms with Gasteiger partial charge in [0.05, 0.1) is 71.3 Å². The number of nitrogens with one attached hydrogen (secondary N) is 2. The minimum atomic E-state index is -0.439. The first-order valence-corrected chi connectivity index (χ1v) is 19.0. The summed E-state index contributed by atoms with van der Waals surface area (Å²) in [6, 6.07) is 16.6. The number of benzene rings is 3. The normalized spacial score (nSPS) is 12.1. The SMILES string of the molecule is COc1cc2c(cc1-c1cccc(NC(=O)NCCOCCOCCOCCOCCN)c1)-c1c(c(C(=O)N(C)C(C)(C)C)nn1-c1cc(C)cc(Cl)c1)CO2. The summed E-state index contributed by atoms with van der Waals surface area (Å²) in [7, 11) is 3.37. The molecule has 3 amide bonds. The Labute approximate surface area is 333 Å². The van der Waals surface area contributed by atoms with Crippen LogP contribution in [0.3, 0.4) is 0 Å². The van der Waals surface area contributed by atoms with Gasteiger partial charge in [-0.15, -0.1) is 0 Å². The van der Waals surface area contributed by atoms with E-state index in [1.54, 1.807) is 29.8 Å². The van der Waals surface area contributed by atoms with Crippen LogP contribution in [0, 0.1) is 6.92 Å². The lowest BCUT2D eigenvalue weighted by Crippen LogP contribution is -2.43. The number of rotatable bonds is 19. The van der Waals surface area contributed by atoms with Gasteiger partial charge in [0.2, 0.25) is 0 Å². The second kappa shape index (κ2) is 19.9. The predicted octanol–water partition coefficient (Wildman–Crippen LogP) is 6.09. The van der Waals surface area contributed by atoms with Crippen molar-refractivity contribution >= 4 is 29.2 Å². The Bertz CT molecular complexity index is 1940. The number of aromatic nitrogens is 2. The highest BCUT2D eigenvalue weighted by Crippen LogP contribution is 2.46. The van der Waals surface area contributed by atoms with Crippen molar-refractivity contribution in [3.63, 3.8) is 0 Å². The first-order chi connectivity index (χ1) is 26.9. The molecule has 2 heterocycles. The number of ether oxygens (including phenoxy) is 6. The number of carbonyl (C=O) groups is 2. The topological polar surface area (TPSA) is 161 Å². The molecule has 1 aliphatic heterocycles. The highest BCUT2D eigenvalue weighted by Gasteiger charge is 2.34. The van der Waals surface area contributed by atoms with E-state index in [0.29, 0.717) is 105 Å². The summed E-state index contributed by atoms with van der Waals surface area (Å²) in [6.45, 7) is 12.4. The van der Waals surface area contributed by atoms with Crippen molar-refractivity contribution in [3.8, 4) is 39.6 Å². The summed E-state index contributed by atoms with van der Waals surface area (Å²) >= 11 is 6.53. The van der Waals surface area contributed by atoms with Crippen molar-refractivity contribution in [2.45, 2.75) is 39.8 Å². The monoisotopic (exact) mass is 792 g/mol. The third-order valence-electron chi connectivity index (χ3n) is 9.04. The van der Waals surface area contributed by atoms with Gasteiger partial charge in [0.1, 0.15) is 18.1 Å². The zero-order valence-electron chi connectivity index (χ0n) is 33.0. The lowest BCUT2D eigenvalue weighted by molar-refractivity contribution is -0.000456. The highest BCUT2D eigenvalue weighted by atomic mass is 35.5. The van der Waals surface area contributed by atoms with Crippen molar-refractivity contribution < 1.29 is 38.0 Å². The van der Waals surface area contributed by atoms with E-state index in [-0.39, 0.29) is 18.5 Å². The van der Waals surface area contributed by atoms with Crippen LogP contribution in [0.1, 0.15) is 42.4 Å². The van der Waals surface area contributed by atoms with Crippen LogP contribution in [-0.4, -0.2) is 112 Å². The number of hydrogen-bond acceptors (Lipinski definition) is 10. The van der Waals surface area contributed by atoms with Gasteiger partial charge < -0.3 is 49.7 Å². The quantitative estimate of drug-likeness (QED) is 0.0949. The van der Waals surface area contributed by atoms with Gasteiger partial charge in [-0.05, 0) is 75.2 Å². The number of urea groups is 1. The molecule has 15 heteroatoms. The van der Waals surface area contributed by atoms with Gasteiger partial charge in [0.15, 0.2) is 5.69 Å². The van der Waals surface area contributed by atoms with Gasteiger partial charge in [-0.3, -0.25) is 4.79 Å². The standard InChI is InChI=1S/C41H53ClN6O8/c1-27-20-29(42)23-31(21-27)48-38-33-24-32(35(51-6)25-36(33)56-26-34(38)37(46-48)39(49)47(5)41(2,3)4)28-8-7-9-30(22-28)45-40(50)44-11-13-53-15-17-55-19-18-54-16-14-52-12-10-43/h7-9,20-25H,10-19,26,43H2,1-6H3,(H2,44,45,50). The van der Waals surface area contributed by atoms with Crippen LogP contribution < -0.4 is 25.8 Å². The van der Waals surface area contributed by atoms with Crippen molar-refractivity contribution in [2.75, 3.05) is 85.4 Å². The predicted molar refractivity (Wildman–Crippen MR) is 216 cm³/mol. The molecule has 0 atom stereocenters. The van der Waals surface area contributed by atoms with E-state index in [2.05, 4.69) is 10.6 Å². The Balaban J connectivity index is 1.28. The number of nitrogens with two attached hydrogens (primary N) is 1. The fourth-order valence-electron chi connectivity index (χ4n) is 5.96. The molecule has 0 saturated carbocycles. The van der Waals surface area contributed by atoms with Gasteiger partial charge in [-0.1, -0.05) is 23.7 Å². The van der Waals surface area contributed by atoms with Gasteiger partial charge in [-0.25, -0.2) is 9.48 Å². The Morgan fingerprint density at radius 3 is 2.25 bits per heavy atom. The molecule has 1 aromatic heterocycles. The average Bonchev–Trinajstić information content (AvgIpc) is 3.56. The summed E-state index contributed by atoms with van der Waals surface area (Å²) in [5, 5.41) is 11.2. The molecule has 0 bridgehead atoms. The number of methoxy groups -OCH3 is 1. The van der Waals surface area contributed by atoms with Crippen LogP contribution >= 0.6 is 11.6 Å². The zero-order valence-corrected chi connectivity index (χ0v) is 33.8. The van der Waals surface area contributed by atoms with E-state index < -0.39 is 5.54 Å². The molecule has 0 fully saturated rings. The van der Waals surface area contributed by atoms with Crippen LogP contribution in [0.5, 0.6) is 11.5 Å². The summed E-state index contributed by atoms with van der Waals surface area (Å²) < 4.78 is 35.6. The van der Waals surface area contributed by atoms with E-state index in [0.717, 1.165) is 27.9 Å². The molecule has 1 aliphatic rings. The summed E-state index contributed by atoms with van der Waals surface area (Å²) in [4.78, 5) is 28.4. The molecule has 56 heavy (non-hydrogen) atoms. The maximum atomic E-state index is 14.0. The van der Waals surface area contributed by atoms with Crippen molar-refractivity contribution in [1.29, 1.82) is 0 Å². The Morgan fingerprint density at radius 1 is 0.929 bits per heavy atom. The van der Waals surface area contributed by atoms with Crippen LogP contribution in [-0.2, 0) is 25.6 Å². The third kappa shape index (κ3) is 11.0. The van der Waals surface area contributed by atoms with Gasteiger partial charge >= 0.3 is 6.03 Å². The number of hydrogen-bond donors (Lipinski definition) is 3. The van der Waals surface area contributed by atoms with Gasteiger partial charge in [0, 0.05) is 59.1 Å². The van der Waals surface area contributed by atoms with Gasteiger partial charge in [-0.2, -0.15) is 5.10 Å². The molecular weight excluding hydrogens is 740 g/mol. The van der Waals surface area contributed by atoms with Crippen LogP contribution in [0.2, 0.25) is 5.02 Å². The minimum Gasteiger partial charge on any atom is -0.496 e. The fraction of sp³-hybridized carbons (Fsp3) is 0.439. The van der Waals surface area contributed by atoms with Crippen molar-refractivity contribution in [2.24, 2.45) is 5.73 Å². The summed E-state index contributed by atoms with van der Waals surface area (Å²) in [5.41, 5.74) is 11.1. The van der Waals surface area contributed by atoms with Crippen LogP contribution in [0.4, 0.5) is 10.5 Å². The van der Waals surface area contributed by atoms with Crippen LogP contribution in [0.25, 0.3) is 28.1 Å². The number of aryl methyl sites for hydroxylation is 1. The molecular formula is C41H53ClN6O8. The molecule has 14 nitrogen and oxygen atoms in total. The number of carbonyl (C=O) groups excluding carboxylic acids is 2. The lowest BCUT2D eigenvalue weighted by atomic mass is 9.95.